The number of nitrogens with one attached hydrogen (secondary N) is 2. The van der Waals surface area contributed by atoms with Gasteiger partial charge >= 0.3 is 12.1 Å². The maximum absolute atomic E-state index is 14.0. The molecule has 3 fully saturated rings. The zero-order valence-corrected chi connectivity index (χ0v) is 27.6. The van der Waals surface area contributed by atoms with Gasteiger partial charge in [0, 0.05) is 50.6 Å². The Labute approximate surface area is 274 Å². The molecular formula is C33H45ClN6O4S. The van der Waals surface area contributed by atoms with Crippen molar-refractivity contribution in [3.05, 3.63) is 44.6 Å². The molecule has 0 saturated carbocycles. The Hall–Kier alpha value is -3.02. The van der Waals surface area contributed by atoms with Gasteiger partial charge in [-0.1, -0.05) is 17.7 Å². The van der Waals surface area contributed by atoms with Crippen LogP contribution in [0, 0.1) is 18.8 Å². The van der Waals surface area contributed by atoms with E-state index < -0.39 is 12.2 Å². The Morgan fingerprint density at radius 1 is 1.00 bits per heavy atom. The molecule has 0 unspecified atom stereocenters. The number of nitrogens with two attached hydrogens (primary N) is 1. The largest absolute Gasteiger partial charge is 0.436 e. The molecule has 4 aliphatic rings. The Kier molecular flexibility index (Phi) is 10.1. The SMILES string of the molecule is Cc1cc(C[C@@H](OC(=O)N2CCC(N3CCc4cscc4NC3=O)CC2)C(=O)N2CCC(C3CCNCC3)CC2)cc(Cl)c1N. The molecule has 5 heterocycles. The summed E-state index contributed by atoms with van der Waals surface area (Å²) in [7, 11) is 0. The molecule has 1 aromatic carbocycles. The first-order valence-corrected chi connectivity index (χ1v) is 17.7. The van der Waals surface area contributed by atoms with Crippen molar-refractivity contribution in [3.63, 3.8) is 0 Å². The number of carbonyl (C=O) groups is 3. The molecule has 0 aliphatic carbocycles. The predicted octanol–water partition coefficient (Wildman–Crippen LogP) is 5.13. The lowest BCUT2D eigenvalue weighted by Gasteiger charge is -2.39. The summed E-state index contributed by atoms with van der Waals surface area (Å²) in [6.45, 7) is 6.96. The number of hydrogen-bond acceptors (Lipinski definition) is 7. The van der Waals surface area contributed by atoms with Gasteiger partial charge in [-0.3, -0.25) is 4.79 Å². The number of likely N-dealkylation sites (tertiary alicyclic amines) is 2. The summed E-state index contributed by atoms with van der Waals surface area (Å²) in [4.78, 5) is 45.9. The second-order valence-electron chi connectivity index (χ2n) is 13.0. The number of thiophene rings is 1. The Bertz CT molecular complexity index is 1360. The number of benzene rings is 1. The highest BCUT2D eigenvalue weighted by molar-refractivity contribution is 7.08. The predicted molar refractivity (Wildman–Crippen MR) is 178 cm³/mol. The van der Waals surface area contributed by atoms with Gasteiger partial charge in [0.15, 0.2) is 6.10 Å². The van der Waals surface area contributed by atoms with Crippen LogP contribution in [0.15, 0.2) is 22.9 Å². The van der Waals surface area contributed by atoms with Crippen LogP contribution in [0.1, 0.15) is 55.2 Å². The van der Waals surface area contributed by atoms with Crippen LogP contribution in [0.5, 0.6) is 0 Å². The average molecular weight is 657 g/mol. The van der Waals surface area contributed by atoms with Gasteiger partial charge in [-0.25, -0.2) is 9.59 Å². The fourth-order valence-corrected chi connectivity index (χ4v) is 8.62. The van der Waals surface area contributed by atoms with Gasteiger partial charge < -0.3 is 35.8 Å². The van der Waals surface area contributed by atoms with Crippen LogP contribution in [-0.2, 0) is 22.4 Å². The Morgan fingerprint density at radius 3 is 2.40 bits per heavy atom. The van der Waals surface area contributed by atoms with Gasteiger partial charge in [-0.05, 0) is 105 Å². The third-order valence-electron chi connectivity index (χ3n) is 10.3. The van der Waals surface area contributed by atoms with E-state index in [-0.39, 0.29) is 24.4 Å². The molecule has 4 N–H and O–H groups in total. The first kappa shape index (κ1) is 31.9. The quantitative estimate of drug-likeness (QED) is 0.371. The van der Waals surface area contributed by atoms with Crippen molar-refractivity contribution in [2.75, 3.05) is 56.9 Å². The number of nitrogen functional groups attached to an aromatic ring is 1. The van der Waals surface area contributed by atoms with Crippen LogP contribution in [0.2, 0.25) is 5.02 Å². The standard InChI is InChI=1S/C33H45ClN6O4S/c1-21-16-22(17-27(34)30(21)35)18-29(31(41)38-11-4-24(5-12-38)23-2-9-36-10-3-23)44-33(43)39-13-7-26(8-14-39)40-15-6-25-19-45-20-28(25)37-32(40)42/h16-17,19-20,23-24,26,29,36H,2-15,18,35H2,1H3,(H,37,42)/t29-/m1/s1. The molecule has 244 valence electrons. The van der Waals surface area contributed by atoms with Crippen molar-refractivity contribution >= 4 is 52.3 Å². The van der Waals surface area contributed by atoms with Crippen LogP contribution in [0.4, 0.5) is 21.0 Å². The molecular weight excluding hydrogens is 612 g/mol. The van der Waals surface area contributed by atoms with Crippen molar-refractivity contribution in [2.24, 2.45) is 11.8 Å². The first-order valence-electron chi connectivity index (χ1n) is 16.4. The minimum atomic E-state index is -0.958. The minimum Gasteiger partial charge on any atom is -0.436 e. The van der Waals surface area contributed by atoms with Crippen LogP contribution in [-0.4, -0.2) is 90.7 Å². The number of fused-ring (bicyclic) bond motifs is 1. The van der Waals surface area contributed by atoms with E-state index in [0.717, 1.165) is 49.2 Å². The highest BCUT2D eigenvalue weighted by Gasteiger charge is 2.36. The molecule has 6 rings (SSSR count). The molecule has 1 aromatic heterocycles. The number of carbonyl (C=O) groups excluding carboxylic acids is 3. The van der Waals surface area contributed by atoms with Gasteiger partial charge in [0.1, 0.15) is 0 Å². The van der Waals surface area contributed by atoms with E-state index in [2.05, 4.69) is 16.0 Å². The van der Waals surface area contributed by atoms with E-state index in [1.165, 1.54) is 18.4 Å². The molecule has 2 aromatic rings. The topological polar surface area (TPSA) is 120 Å². The average Bonchev–Trinajstić information content (AvgIpc) is 3.43. The number of ether oxygens (including phenoxy) is 1. The van der Waals surface area contributed by atoms with E-state index in [1.54, 1.807) is 22.3 Å². The monoisotopic (exact) mass is 656 g/mol. The third-order valence-corrected chi connectivity index (χ3v) is 11.4. The molecule has 3 saturated heterocycles. The number of rotatable bonds is 6. The number of aryl methyl sites for hydroxylation is 1. The number of piperidine rings is 3. The van der Waals surface area contributed by atoms with E-state index in [0.29, 0.717) is 68.1 Å². The molecule has 4 aliphatic heterocycles. The lowest BCUT2D eigenvalue weighted by molar-refractivity contribution is -0.142. The molecule has 10 nitrogen and oxygen atoms in total. The van der Waals surface area contributed by atoms with Gasteiger partial charge in [-0.2, -0.15) is 0 Å². The summed E-state index contributed by atoms with van der Waals surface area (Å²) in [6, 6.07) is 3.63. The second-order valence-corrected chi connectivity index (χ2v) is 14.2. The van der Waals surface area contributed by atoms with E-state index in [9.17, 15) is 14.4 Å². The second kappa shape index (κ2) is 14.2. The summed E-state index contributed by atoms with van der Waals surface area (Å²) < 4.78 is 6.04. The first-order chi connectivity index (χ1) is 21.8. The van der Waals surface area contributed by atoms with Crippen molar-refractivity contribution in [2.45, 2.75) is 70.4 Å². The summed E-state index contributed by atoms with van der Waals surface area (Å²) in [5.74, 6) is 1.20. The van der Waals surface area contributed by atoms with Crippen molar-refractivity contribution in [1.82, 2.24) is 20.0 Å². The summed E-state index contributed by atoms with van der Waals surface area (Å²) in [5.41, 5.74) is 10.3. The maximum atomic E-state index is 14.0. The number of anilines is 2. The zero-order valence-electron chi connectivity index (χ0n) is 26.1. The van der Waals surface area contributed by atoms with E-state index in [4.69, 9.17) is 22.1 Å². The summed E-state index contributed by atoms with van der Waals surface area (Å²) in [5, 5.41) is 11.0. The van der Waals surface area contributed by atoms with E-state index >= 15 is 0 Å². The molecule has 45 heavy (non-hydrogen) atoms. The molecule has 12 heteroatoms. The smallest absolute Gasteiger partial charge is 0.410 e. The normalized spacial score (nSPS) is 21.2. The highest BCUT2D eigenvalue weighted by atomic mass is 35.5. The fourth-order valence-electron chi connectivity index (χ4n) is 7.51. The molecule has 0 radical (unpaired) electrons. The van der Waals surface area contributed by atoms with Gasteiger partial charge in [0.05, 0.1) is 16.4 Å². The fraction of sp³-hybridized carbons (Fsp3) is 0.606. The maximum Gasteiger partial charge on any atom is 0.410 e. The Morgan fingerprint density at radius 2 is 1.69 bits per heavy atom. The Balaban J connectivity index is 1.09. The molecule has 0 bridgehead atoms. The number of nitrogens with zero attached hydrogens (tertiary/aromatic N) is 3. The van der Waals surface area contributed by atoms with Gasteiger partial charge in [0.25, 0.3) is 5.91 Å². The zero-order chi connectivity index (χ0) is 31.5. The van der Waals surface area contributed by atoms with Crippen LogP contribution < -0.4 is 16.4 Å². The van der Waals surface area contributed by atoms with E-state index in [1.807, 2.05) is 28.2 Å². The minimum absolute atomic E-state index is 0.0419. The molecule has 1 atom stereocenters. The van der Waals surface area contributed by atoms with Gasteiger partial charge in [-0.15, -0.1) is 11.3 Å². The van der Waals surface area contributed by atoms with Crippen LogP contribution >= 0.6 is 22.9 Å². The summed E-state index contributed by atoms with van der Waals surface area (Å²) in [6.07, 6.45) is 5.27. The van der Waals surface area contributed by atoms with Crippen LogP contribution in [0.25, 0.3) is 0 Å². The van der Waals surface area contributed by atoms with Crippen molar-refractivity contribution in [3.8, 4) is 0 Å². The third kappa shape index (κ3) is 7.36. The lowest BCUT2D eigenvalue weighted by Crippen LogP contribution is -2.52. The number of urea groups is 1. The van der Waals surface area contributed by atoms with Crippen molar-refractivity contribution in [1.29, 1.82) is 0 Å². The number of hydrogen-bond donors (Lipinski definition) is 3. The summed E-state index contributed by atoms with van der Waals surface area (Å²) >= 11 is 7.99. The molecule has 0 spiro atoms. The number of amides is 4. The van der Waals surface area contributed by atoms with Crippen molar-refractivity contribution < 1.29 is 19.1 Å². The highest BCUT2D eigenvalue weighted by Crippen LogP contribution is 2.32. The molecule has 4 amide bonds. The van der Waals surface area contributed by atoms with Crippen LogP contribution in [0.3, 0.4) is 0 Å². The lowest BCUT2D eigenvalue weighted by atomic mass is 9.79. The van der Waals surface area contributed by atoms with Gasteiger partial charge in [0.2, 0.25) is 0 Å². The number of halogens is 1.